The van der Waals surface area contributed by atoms with Gasteiger partial charge in [-0.2, -0.15) is 8.78 Å². The Morgan fingerprint density at radius 3 is 2.38 bits per heavy atom. The third kappa shape index (κ3) is 5.46. The molecule has 0 spiro atoms. The number of benzene rings is 1. The van der Waals surface area contributed by atoms with Gasteiger partial charge >= 0.3 is 6.61 Å². The number of alkyl halides is 2. The predicted octanol–water partition coefficient (Wildman–Crippen LogP) is 4.90. The Bertz CT molecular complexity index is 435. The molecule has 4 heteroatoms. The van der Waals surface area contributed by atoms with Crippen LogP contribution in [0.25, 0.3) is 6.08 Å². The molecule has 21 heavy (non-hydrogen) atoms. The van der Waals surface area contributed by atoms with Crippen molar-refractivity contribution in [3.63, 3.8) is 0 Å². The summed E-state index contributed by atoms with van der Waals surface area (Å²) in [5.74, 6) is 0.776. The van der Waals surface area contributed by atoms with Gasteiger partial charge in [-0.15, -0.1) is 0 Å². The van der Waals surface area contributed by atoms with E-state index < -0.39 is 6.61 Å². The fourth-order valence-corrected chi connectivity index (χ4v) is 2.69. The number of allylic oxidation sites excluding steroid dienone is 1. The highest BCUT2D eigenvalue weighted by Gasteiger charge is 2.19. The molecule has 0 heterocycles. The highest BCUT2D eigenvalue weighted by Crippen LogP contribution is 2.27. The molecule has 116 valence electrons. The molecule has 1 aromatic carbocycles. The average Bonchev–Trinajstić information content (AvgIpc) is 2.48. The Morgan fingerprint density at radius 2 is 1.81 bits per heavy atom. The fraction of sp³-hybridized carbons (Fsp3) is 0.529. The second-order valence-corrected chi connectivity index (χ2v) is 5.30. The van der Waals surface area contributed by atoms with Crippen LogP contribution in [0.1, 0.15) is 38.2 Å². The van der Waals surface area contributed by atoms with Crippen molar-refractivity contribution >= 4 is 6.08 Å². The summed E-state index contributed by atoms with van der Waals surface area (Å²) in [5.41, 5.74) is 1.00. The van der Waals surface area contributed by atoms with E-state index in [2.05, 4.69) is 16.9 Å². The molecule has 0 unspecified atom stereocenters. The maximum Gasteiger partial charge on any atom is 0.387 e. The maximum atomic E-state index is 12.1. The molecule has 0 N–H and O–H groups in total. The molecular weight excluding hydrogens is 274 g/mol. The zero-order valence-electron chi connectivity index (χ0n) is 12.3. The average molecular weight is 296 g/mol. The van der Waals surface area contributed by atoms with E-state index in [1.165, 1.54) is 0 Å². The van der Waals surface area contributed by atoms with Crippen LogP contribution in [0.15, 0.2) is 30.3 Å². The molecule has 2 rings (SSSR count). The van der Waals surface area contributed by atoms with E-state index in [9.17, 15) is 8.78 Å². The van der Waals surface area contributed by atoms with Crippen molar-refractivity contribution in [2.75, 3.05) is 6.61 Å². The van der Waals surface area contributed by atoms with E-state index in [-0.39, 0.29) is 5.75 Å². The first kappa shape index (κ1) is 16.0. The number of halogens is 2. The van der Waals surface area contributed by atoms with E-state index >= 15 is 0 Å². The lowest BCUT2D eigenvalue weighted by atomic mass is 9.87. The standard InChI is InChI=1S/C17H22F2O2/c1-2-20-15-9-5-13(6-10-15)3-4-14-7-11-16(12-8-14)21-17(18)19/h3-4,7-8,11-13,15,17H,2,5-6,9-10H2,1H3. The summed E-state index contributed by atoms with van der Waals surface area (Å²) in [6, 6.07) is 6.72. The van der Waals surface area contributed by atoms with Gasteiger partial charge in [-0.05, 0) is 56.2 Å². The molecule has 0 amide bonds. The normalized spacial score (nSPS) is 22.9. The van der Waals surface area contributed by atoms with Gasteiger partial charge in [0.25, 0.3) is 0 Å². The Hall–Kier alpha value is -1.42. The molecular formula is C17H22F2O2. The van der Waals surface area contributed by atoms with Crippen LogP contribution in [0.5, 0.6) is 5.75 Å². The Labute approximate surface area is 124 Å². The molecule has 1 aliphatic carbocycles. The van der Waals surface area contributed by atoms with Crippen molar-refractivity contribution in [2.24, 2.45) is 5.92 Å². The van der Waals surface area contributed by atoms with Crippen molar-refractivity contribution in [1.82, 2.24) is 0 Å². The molecule has 1 aromatic rings. The van der Waals surface area contributed by atoms with Crippen molar-refractivity contribution in [3.8, 4) is 5.75 Å². The molecule has 1 saturated carbocycles. The highest BCUT2D eigenvalue weighted by molar-refractivity contribution is 5.50. The van der Waals surface area contributed by atoms with E-state index in [1.807, 2.05) is 6.92 Å². The SMILES string of the molecule is CCOC1CCC(C=Cc2ccc(OC(F)F)cc2)CC1. The molecule has 1 fully saturated rings. The lowest BCUT2D eigenvalue weighted by Crippen LogP contribution is -2.20. The van der Waals surface area contributed by atoms with Crippen LogP contribution in [-0.2, 0) is 4.74 Å². The second kappa shape index (κ2) is 8.13. The largest absolute Gasteiger partial charge is 0.435 e. The summed E-state index contributed by atoms with van der Waals surface area (Å²) in [5, 5.41) is 0. The van der Waals surface area contributed by atoms with Gasteiger partial charge in [-0.25, -0.2) is 0 Å². The quantitative estimate of drug-likeness (QED) is 0.743. The van der Waals surface area contributed by atoms with Gasteiger partial charge in [0.15, 0.2) is 0 Å². The third-order valence-electron chi connectivity index (χ3n) is 3.79. The maximum absolute atomic E-state index is 12.1. The van der Waals surface area contributed by atoms with E-state index in [0.29, 0.717) is 12.0 Å². The van der Waals surface area contributed by atoms with Gasteiger partial charge in [0, 0.05) is 6.61 Å². The summed E-state index contributed by atoms with van der Waals surface area (Å²) in [7, 11) is 0. The fourth-order valence-electron chi connectivity index (χ4n) is 2.69. The lowest BCUT2D eigenvalue weighted by Gasteiger charge is -2.26. The lowest BCUT2D eigenvalue weighted by molar-refractivity contribution is -0.0498. The first-order valence-corrected chi connectivity index (χ1v) is 7.52. The van der Waals surface area contributed by atoms with E-state index in [0.717, 1.165) is 37.9 Å². The van der Waals surface area contributed by atoms with Crippen molar-refractivity contribution in [2.45, 2.75) is 45.3 Å². The summed E-state index contributed by atoms with van der Waals surface area (Å²) in [6.45, 7) is 0.0536. The summed E-state index contributed by atoms with van der Waals surface area (Å²) in [4.78, 5) is 0. The number of hydrogen-bond acceptors (Lipinski definition) is 2. The molecule has 0 aromatic heterocycles. The second-order valence-electron chi connectivity index (χ2n) is 5.30. The molecule has 2 nitrogen and oxygen atoms in total. The molecule has 0 aliphatic heterocycles. The van der Waals surface area contributed by atoms with Gasteiger partial charge in [0.1, 0.15) is 5.75 Å². The van der Waals surface area contributed by atoms with Crippen molar-refractivity contribution < 1.29 is 18.3 Å². The number of rotatable bonds is 6. The molecule has 1 aliphatic rings. The highest BCUT2D eigenvalue weighted by atomic mass is 19.3. The van der Waals surface area contributed by atoms with Crippen LogP contribution in [0, 0.1) is 5.92 Å². The van der Waals surface area contributed by atoms with Crippen LogP contribution in [-0.4, -0.2) is 19.3 Å². The summed E-state index contributed by atoms with van der Waals surface area (Å²) < 4.78 is 34.1. The Kier molecular flexibility index (Phi) is 6.18. The zero-order chi connectivity index (χ0) is 15.1. The first-order valence-electron chi connectivity index (χ1n) is 7.52. The Balaban J connectivity index is 1.81. The molecule has 0 saturated heterocycles. The van der Waals surface area contributed by atoms with Gasteiger partial charge in [-0.3, -0.25) is 0 Å². The minimum absolute atomic E-state index is 0.194. The molecule has 0 bridgehead atoms. The number of hydrogen-bond donors (Lipinski definition) is 0. The van der Waals surface area contributed by atoms with Crippen molar-refractivity contribution in [3.05, 3.63) is 35.9 Å². The number of ether oxygens (including phenoxy) is 2. The predicted molar refractivity (Wildman–Crippen MR) is 79.5 cm³/mol. The van der Waals surface area contributed by atoms with Crippen LogP contribution in [0.2, 0.25) is 0 Å². The Morgan fingerprint density at radius 1 is 1.14 bits per heavy atom. The summed E-state index contributed by atoms with van der Waals surface area (Å²) >= 11 is 0. The van der Waals surface area contributed by atoms with E-state index in [1.54, 1.807) is 24.3 Å². The van der Waals surface area contributed by atoms with Crippen LogP contribution >= 0.6 is 0 Å². The zero-order valence-corrected chi connectivity index (χ0v) is 12.3. The van der Waals surface area contributed by atoms with E-state index in [4.69, 9.17) is 4.74 Å². The minimum Gasteiger partial charge on any atom is -0.435 e. The van der Waals surface area contributed by atoms with Crippen molar-refractivity contribution in [1.29, 1.82) is 0 Å². The van der Waals surface area contributed by atoms with Crippen LogP contribution < -0.4 is 4.74 Å². The van der Waals surface area contributed by atoms with Crippen LogP contribution in [0.4, 0.5) is 8.78 Å². The van der Waals surface area contributed by atoms with Gasteiger partial charge in [-0.1, -0.05) is 24.3 Å². The molecule has 0 atom stereocenters. The minimum atomic E-state index is -2.77. The smallest absolute Gasteiger partial charge is 0.387 e. The van der Waals surface area contributed by atoms with Gasteiger partial charge in [0.2, 0.25) is 0 Å². The topological polar surface area (TPSA) is 18.5 Å². The summed E-state index contributed by atoms with van der Waals surface area (Å²) in [6.07, 6.45) is 9.21. The first-order chi connectivity index (χ1) is 10.2. The third-order valence-corrected chi connectivity index (χ3v) is 3.79. The van der Waals surface area contributed by atoms with Gasteiger partial charge in [0.05, 0.1) is 6.10 Å². The molecule has 0 radical (unpaired) electrons. The monoisotopic (exact) mass is 296 g/mol. The van der Waals surface area contributed by atoms with Crippen LogP contribution in [0.3, 0.4) is 0 Å². The van der Waals surface area contributed by atoms with Gasteiger partial charge < -0.3 is 9.47 Å².